The van der Waals surface area contributed by atoms with Crippen LogP contribution in [-0.4, -0.2) is 43.2 Å². The topological polar surface area (TPSA) is 150 Å². The lowest BCUT2D eigenvalue weighted by Crippen LogP contribution is -2.32. The number of benzene rings is 2. The van der Waals surface area contributed by atoms with Gasteiger partial charge in [-0.3, -0.25) is 4.79 Å². The molecule has 0 radical (unpaired) electrons. The Morgan fingerprint density at radius 2 is 1.68 bits per heavy atom. The zero-order valence-corrected chi connectivity index (χ0v) is 19.1. The van der Waals surface area contributed by atoms with E-state index in [2.05, 4.69) is 19.9 Å². The number of hydrogen-bond acceptors (Lipinski definition) is 8. The molecule has 0 bridgehead atoms. The van der Waals surface area contributed by atoms with Gasteiger partial charge in [0.2, 0.25) is 17.9 Å². The van der Waals surface area contributed by atoms with E-state index < -0.39 is 24.3 Å². The number of nitrogens with two attached hydrogens (primary N) is 2. The first-order chi connectivity index (χ1) is 17.6. The van der Waals surface area contributed by atoms with Gasteiger partial charge in [0, 0.05) is 35.2 Å². The molecule has 12 heteroatoms. The molecule has 2 heterocycles. The molecule has 37 heavy (non-hydrogen) atoms. The van der Waals surface area contributed by atoms with Crippen molar-refractivity contribution in [2.45, 2.75) is 24.7 Å². The van der Waals surface area contributed by atoms with E-state index in [1.165, 1.54) is 43.0 Å². The summed E-state index contributed by atoms with van der Waals surface area (Å²) in [7, 11) is 0. The lowest BCUT2D eigenvalue weighted by atomic mass is 9.97. The molecule has 0 aliphatic heterocycles. The Bertz CT molecular complexity index is 1380. The van der Waals surface area contributed by atoms with Crippen molar-refractivity contribution in [3.8, 4) is 28.3 Å². The summed E-state index contributed by atoms with van der Waals surface area (Å²) >= 11 is 0. The molecule has 0 fully saturated rings. The molecule has 0 aliphatic carbocycles. The van der Waals surface area contributed by atoms with Crippen LogP contribution in [0.1, 0.15) is 17.2 Å². The standard InChI is InChI=1S/C25H21F3N6O3/c26-25(27,28)22(18-4-2-1-3-17(18)16-11-31-13-32-12-16)37-21-10-20(33-24(30)34-21)15-7-5-14(6-8-15)9-19(29)23(35)36/h1-8,10-13,19,22H,9,29H2,(H,35,36)(H2,30,33,34)/t19-,22?/m0/s1. The van der Waals surface area contributed by atoms with Gasteiger partial charge in [-0.05, 0) is 17.5 Å². The van der Waals surface area contributed by atoms with E-state index in [0.717, 1.165) is 0 Å². The lowest BCUT2D eigenvalue weighted by Gasteiger charge is -2.24. The van der Waals surface area contributed by atoms with Crippen molar-refractivity contribution in [2.24, 2.45) is 5.73 Å². The molecule has 9 nitrogen and oxygen atoms in total. The Hall–Kier alpha value is -4.58. The van der Waals surface area contributed by atoms with Crippen LogP contribution in [0.2, 0.25) is 0 Å². The average Bonchev–Trinajstić information content (AvgIpc) is 2.87. The van der Waals surface area contributed by atoms with Gasteiger partial charge >= 0.3 is 12.1 Å². The summed E-state index contributed by atoms with van der Waals surface area (Å²) in [5.41, 5.74) is 13.2. The summed E-state index contributed by atoms with van der Waals surface area (Å²) in [5.74, 6) is -1.79. The summed E-state index contributed by atoms with van der Waals surface area (Å²) in [4.78, 5) is 26.7. The summed E-state index contributed by atoms with van der Waals surface area (Å²) in [6, 6.07) is 12.6. The van der Waals surface area contributed by atoms with Gasteiger partial charge in [0.1, 0.15) is 12.4 Å². The van der Waals surface area contributed by atoms with Crippen molar-refractivity contribution in [2.75, 3.05) is 5.73 Å². The zero-order valence-electron chi connectivity index (χ0n) is 19.1. The number of halogens is 3. The van der Waals surface area contributed by atoms with Crippen LogP contribution in [0.25, 0.3) is 22.4 Å². The minimum atomic E-state index is -4.80. The van der Waals surface area contributed by atoms with Crippen LogP contribution in [0.3, 0.4) is 0 Å². The molecule has 4 rings (SSSR count). The maximum absolute atomic E-state index is 14.2. The summed E-state index contributed by atoms with van der Waals surface area (Å²) in [6.07, 6.45) is -2.96. The third kappa shape index (κ3) is 6.16. The third-order valence-corrected chi connectivity index (χ3v) is 5.39. The summed E-state index contributed by atoms with van der Waals surface area (Å²) in [5, 5.41) is 8.97. The minimum Gasteiger partial charge on any atom is -0.480 e. The zero-order chi connectivity index (χ0) is 26.6. The first-order valence-electron chi connectivity index (χ1n) is 10.9. The molecule has 4 aromatic rings. The van der Waals surface area contributed by atoms with E-state index in [0.29, 0.717) is 16.7 Å². The minimum absolute atomic E-state index is 0.106. The quantitative estimate of drug-likeness (QED) is 0.321. The molecule has 0 amide bonds. The number of alkyl halides is 3. The first kappa shape index (κ1) is 25.5. The number of ether oxygens (including phenoxy) is 1. The summed E-state index contributed by atoms with van der Waals surface area (Å²) in [6.45, 7) is 0. The fourth-order valence-corrected chi connectivity index (χ4v) is 3.66. The van der Waals surface area contributed by atoms with Crippen LogP contribution in [0.5, 0.6) is 5.88 Å². The average molecular weight is 510 g/mol. The number of aliphatic carboxylic acids is 1. The molecular formula is C25H21F3N6O3. The SMILES string of the molecule is Nc1nc(OC(c2ccccc2-c2cncnc2)C(F)(F)F)cc(-c2ccc(C[C@H](N)C(=O)O)cc2)n1. The number of carboxylic acids is 1. The van der Waals surface area contributed by atoms with Crippen LogP contribution in [0, 0.1) is 0 Å². The highest BCUT2D eigenvalue weighted by Gasteiger charge is 2.44. The second-order valence-corrected chi connectivity index (χ2v) is 8.05. The van der Waals surface area contributed by atoms with E-state index >= 15 is 0 Å². The van der Waals surface area contributed by atoms with E-state index in [4.69, 9.17) is 21.3 Å². The summed E-state index contributed by atoms with van der Waals surface area (Å²) < 4.78 is 48.1. The van der Waals surface area contributed by atoms with Crippen LogP contribution in [0.4, 0.5) is 19.1 Å². The van der Waals surface area contributed by atoms with Gasteiger partial charge in [0.15, 0.2) is 0 Å². The highest BCUT2D eigenvalue weighted by Crippen LogP contribution is 2.41. The van der Waals surface area contributed by atoms with E-state index in [1.54, 1.807) is 30.3 Å². The first-order valence-corrected chi connectivity index (χ1v) is 10.9. The Balaban J connectivity index is 1.66. The predicted molar refractivity (Wildman–Crippen MR) is 128 cm³/mol. The largest absolute Gasteiger partial charge is 0.480 e. The molecule has 2 aromatic carbocycles. The smallest absolute Gasteiger partial charge is 0.429 e. The molecule has 1 unspecified atom stereocenters. The van der Waals surface area contributed by atoms with Crippen molar-refractivity contribution in [1.82, 2.24) is 19.9 Å². The molecule has 0 saturated heterocycles. The Morgan fingerprint density at radius 1 is 1.00 bits per heavy atom. The van der Waals surface area contributed by atoms with Crippen LogP contribution < -0.4 is 16.2 Å². The molecule has 2 atom stereocenters. The highest BCUT2D eigenvalue weighted by atomic mass is 19.4. The van der Waals surface area contributed by atoms with E-state index in [1.807, 2.05) is 0 Å². The number of aromatic nitrogens is 4. The predicted octanol–water partition coefficient (Wildman–Crippen LogP) is 3.82. The number of nitrogen functional groups attached to an aromatic ring is 1. The van der Waals surface area contributed by atoms with Gasteiger partial charge in [-0.1, -0.05) is 48.5 Å². The van der Waals surface area contributed by atoms with Gasteiger partial charge in [0.05, 0.1) is 5.69 Å². The molecular weight excluding hydrogens is 489 g/mol. The number of rotatable bonds is 8. The van der Waals surface area contributed by atoms with Crippen LogP contribution >= 0.6 is 0 Å². The number of carbonyl (C=O) groups is 1. The molecule has 0 saturated carbocycles. The van der Waals surface area contributed by atoms with Gasteiger partial charge in [-0.25, -0.2) is 15.0 Å². The van der Waals surface area contributed by atoms with Gasteiger partial charge in [-0.15, -0.1) is 0 Å². The maximum atomic E-state index is 14.2. The molecule has 190 valence electrons. The fourth-order valence-electron chi connectivity index (χ4n) is 3.66. The molecule has 0 spiro atoms. The third-order valence-electron chi connectivity index (χ3n) is 5.39. The van der Waals surface area contributed by atoms with Gasteiger partial charge in [0.25, 0.3) is 0 Å². The van der Waals surface area contributed by atoms with Crippen molar-refractivity contribution in [1.29, 1.82) is 0 Å². The number of carboxylic acid groups (broad SMARTS) is 1. The Labute approximate surface area is 209 Å². The second-order valence-electron chi connectivity index (χ2n) is 8.05. The van der Waals surface area contributed by atoms with Gasteiger partial charge in [-0.2, -0.15) is 18.2 Å². The van der Waals surface area contributed by atoms with Crippen LogP contribution in [0.15, 0.2) is 73.3 Å². The lowest BCUT2D eigenvalue weighted by molar-refractivity contribution is -0.198. The van der Waals surface area contributed by atoms with Crippen molar-refractivity contribution in [3.05, 3.63) is 84.4 Å². The van der Waals surface area contributed by atoms with Crippen LogP contribution in [-0.2, 0) is 11.2 Å². The fraction of sp³-hybridized carbons (Fsp3) is 0.160. The maximum Gasteiger partial charge on any atom is 0.429 e. The molecule has 5 N–H and O–H groups in total. The monoisotopic (exact) mass is 510 g/mol. The molecule has 0 aliphatic rings. The van der Waals surface area contributed by atoms with Crippen molar-refractivity contribution in [3.63, 3.8) is 0 Å². The van der Waals surface area contributed by atoms with E-state index in [-0.39, 0.29) is 35.1 Å². The number of anilines is 1. The second kappa shape index (κ2) is 10.6. The van der Waals surface area contributed by atoms with Gasteiger partial charge < -0.3 is 21.3 Å². The van der Waals surface area contributed by atoms with Crippen molar-refractivity contribution < 1.29 is 27.8 Å². The molecule has 2 aromatic heterocycles. The normalized spacial score (nSPS) is 13.1. The highest BCUT2D eigenvalue weighted by molar-refractivity contribution is 5.73. The van der Waals surface area contributed by atoms with Crippen molar-refractivity contribution >= 4 is 11.9 Å². The number of nitrogens with zero attached hydrogens (tertiary/aromatic N) is 4. The Kier molecular flexibility index (Phi) is 7.30. The Morgan fingerprint density at radius 3 is 2.32 bits per heavy atom. The number of hydrogen-bond donors (Lipinski definition) is 3. The van der Waals surface area contributed by atoms with E-state index in [9.17, 15) is 18.0 Å².